The minimum Gasteiger partial charge on any atom is -0.550 e. The molecular formula is C13H14NO4-. The van der Waals surface area contributed by atoms with E-state index in [2.05, 4.69) is 0 Å². The van der Waals surface area contributed by atoms with Crippen molar-refractivity contribution >= 4 is 17.8 Å². The molecule has 1 aliphatic heterocycles. The summed E-state index contributed by atoms with van der Waals surface area (Å²) in [5, 5.41) is 10.3. The number of carboxylic acids is 1. The molecule has 96 valence electrons. The number of allylic oxidation sites excluding steroid dienone is 2. The van der Waals surface area contributed by atoms with Crippen molar-refractivity contribution in [3.8, 4) is 0 Å². The van der Waals surface area contributed by atoms with Gasteiger partial charge in [-0.1, -0.05) is 12.2 Å². The molecular weight excluding hydrogens is 234 g/mol. The van der Waals surface area contributed by atoms with Gasteiger partial charge in [0.05, 0.1) is 11.8 Å². The van der Waals surface area contributed by atoms with Crippen LogP contribution in [0.25, 0.3) is 0 Å². The van der Waals surface area contributed by atoms with E-state index in [9.17, 15) is 19.5 Å². The fourth-order valence-corrected chi connectivity index (χ4v) is 3.57. The van der Waals surface area contributed by atoms with Crippen LogP contribution in [0.15, 0.2) is 12.2 Å². The quantitative estimate of drug-likeness (QED) is 0.488. The fourth-order valence-electron chi connectivity index (χ4n) is 3.57. The molecule has 1 saturated carbocycles. The molecule has 3 rings (SSSR count). The minimum absolute atomic E-state index is 0.111. The number of amides is 2. The Kier molecular flexibility index (Phi) is 2.50. The average Bonchev–Trinajstić information content (AvgIpc) is 2.97. The molecule has 0 aromatic heterocycles. The summed E-state index contributed by atoms with van der Waals surface area (Å²) in [6, 6.07) is 0. The van der Waals surface area contributed by atoms with Gasteiger partial charge in [0.15, 0.2) is 0 Å². The number of likely N-dealkylation sites (tertiary alicyclic amines) is 1. The monoisotopic (exact) mass is 248 g/mol. The average molecular weight is 248 g/mol. The number of hydrogen-bond acceptors (Lipinski definition) is 4. The molecule has 18 heavy (non-hydrogen) atoms. The Morgan fingerprint density at radius 3 is 2.28 bits per heavy atom. The first-order valence-corrected chi connectivity index (χ1v) is 6.33. The van der Waals surface area contributed by atoms with E-state index in [1.165, 1.54) is 4.90 Å². The highest BCUT2D eigenvalue weighted by Crippen LogP contribution is 2.52. The summed E-state index contributed by atoms with van der Waals surface area (Å²) in [6.07, 6.45) is 5.17. The van der Waals surface area contributed by atoms with E-state index in [1.807, 2.05) is 12.2 Å². The molecule has 1 heterocycles. The lowest BCUT2D eigenvalue weighted by molar-refractivity contribution is -0.305. The summed E-state index contributed by atoms with van der Waals surface area (Å²) in [7, 11) is 0. The zero-order valence-electron chi connectivity index (χ0n) is 9.87. The third kappa shape index (κ3) is 1.50. The number of hydrogen-bond donors (Lipinski definition) is 0. The van der Waals surface area contributed by atoms with Gasteiger partial charge >= 0.3 is 0 Å². The van der Waals surface area contributed by atoms with Crippen LogP contribution in [0.3, 0.4) is 0 Å². The van der Waals surface area contributed by atoms with Crippen molar-refractivity contribution in [2.45, 2.75) is 19.3 Å². The van der Waals surface area contributed by atoms with Gasteiger partial charge in [-0.05, 0) is 31.1 Å². The molecule has 1 saturated heterocycles. The van der Waals surface area contributed by atoms with Crippen molar-refractivity contribution in [3.63, 3.8) is 0 Å². The molecule has 2 amide bonds. The minimum atomic E-state index is -1.14. The van der Waals surface area contributed by atoms with Crippen molar-refractivity contribution in [3.05, 3.63) is 12.2 Å². The molecule has 0 aromatic carbocycles. The van der Waals surface area contributed by atoms with E-state index in [4.69, 9.17) is 0 Å². The summed E-state index contributed by atoms with van der Waals surface area (Å²) in [6.45, 7) is 0.206. The molecule has 2 bridgehead atoms. The lowest BCUT2D eigenvalue weighted by Gasteiger charge is -2.17. The van der Waals surface area contributed by atoms with Gasteiger partial charge in [-0.15, -0.1) is 0 Å². The standard InChI is InChI=1S/C13H15NO4/c15-9(16)2-1-5-14-12(17)10-7-3-4-8(6-7)11(10)13(14)18/h3-4,7-8,10-11H,1-2,5-6H2,(H,15,16)/p-1/t7-,8+,10+,11-. The summed E-state index contributed by atoms with van der Waals surface area (Å²) >= 11 is 0. The molecule has 0 aromatic rings. The molecule has 5 nitrogen and oxygen atoms in total. The Hall–Kier alpha value is -1.65. The molecule has 3 aliphatic rings. The van der Waals surface area contributed by atoms with Crippen molar-refractivity contribution in [1.82, 2.24) is 4.90 Å². The van der Waals surface area contributed by atoms with Gasteiger partial charge in [-0.2, -0.15) is 0 Å². The van der Waals surface area contributed by atoms with Crippen LogP contribution in [0.5, 0.6) is 0 Å². The molecule has 0 N–H and O–H groups in total. The van der Waals surface area contributed by atoms with Gasteiger partial charge < -0.3 is 9.90 Å². The van der Waals surface area contributed by atoms with Crippen LogP contribution in [0.2, 0.25) is 0 Å². The van der Waals surface area contributed by atoms with Gasteiger partial charge in [-0.25, -0.2) is 0 Å². The number of carbonyl (C=O) groups excluding carboxylic acids is 3. The normalized spacial score (nSPS) is 36.6. The molecule has 5 heteroatoms. The molecule has 2 aliphatic carbocycles. The van der Waals surface area contributed by atoms with E-state index >= 15 is 0 Å². The number of rotatable bonds is 4. The first-order valence-electron chi connectivity index (χ1n) is 6.33. The van der Waals surface area contributed by atoms with Crippen LogP contribution >= 0.6 is 0 Å². The SMILES string of the molecule is O=C([O-])CCCN1C(=O)[C@@H]2[C@H](C1=O)[C@H]1C=C[C@@H]2C1. The Morgan fingerprint density at radius 1 is 1.22 bits per heavy atom. The van der Waals surface area contributed by atoms with Crippen LogP contribution < -0.4 is 5.11 Å². The molecule has 0 spiro atoms. The lowest BCUT2D eigenvalue weighted by Crippen LogP contribution is -2.34. The highest BCUT2D eigenvalue weighted by Gasteiger charge is 2.58. The molecule has 0 radical (unpaired) electrons. The largest absolute Gasteiger partial charge is 0.550 e. The fraction of sp³-hybridized carbons (Fsp3) is 0.615. The van der Waals surface area contributed by atoms with Crippen LogP contribution in [0.4, 0.5) is 0 Å². The van der Waals surface area contributed by atoms with E-state index < -0.39 is 5.97 Å². The third-order valence-corrected chi connectivity index (χ3v) is 4.32. The Morgan fingerprint density at radius 2 is 1.78 bits per heavy atom. The highest BCUT2D eigenvalue weighted by atomic mass is 16.4. The molecule has 4 atom stereocenters. The number of aliphatic carboxylic acids is 1. The van der Waals surface area contributed by atoms with Crippen LogP contribution in [0, 0.1) is 23.7 Å². The Balaban J connectivity index is 1.70. The smallest absolute Gasteiger partial charge is 0.233 e. The number of fused-ring (bicyclic) bond motifs is 5. The third-order valence-electron chi connectivity index (χ3n) is 4.32. The predicted molar refractivity (Wildman–Crippen MR) is 58.7 cm³/mol. The maximum absolute atomic E-state index is 12.2. The Bertz CT molecular complexity index is 426. The zero-order valence-corrected chi connectivity index (χ0v) is 9.87. The van der Waals surface area contributed by atoms with Gasteiger partial charge in [0.2, 0.25) is 11.8 Å². The number of carbonyl (C=O) groups is 3. The van der Waals surface area contributed by atoms with Gasteiger partial charge in [0.25, 0.3) is 0 Å². The van der Waals surface area contributed by atoms with E-state index in [-0.39, 0.29) is 54.9 Å². The van der Waals surface area contributed by atoms with Crippen LogP contribution in [-0.2, 0) is 14.4 Å². The summed E-state index contributed by atoms with van der Waals surface area (Å²) in [5.41, 5.74) is 0. The summed E-state index contributed by atoms with van der Waals surface area (Å²) in [5.74, 6) is -1.31. The predicted octanol–water partition coefficient (Wildman–Crippen LogP) is -0.676. The first kappa shape index (κ1) is 11.4. The Labute approximate surface area is 104 Å². The molecule has 0 unspecified atom stereocenters. The van der Waals surface area contributed by atoms with E-state index in [0.717, 1.165) is 6.42 Å². The van der Waals surface area contributed by atoms with E-state index in [1.54, 1.807) is 0 Å². The number of imide groups is 1. The zero-order chi connectivity index (χ0) is 12.9. The number of carboxylic acid groups (broad SMARTS) is 1. The summed E-state index contributed by atoms with van der Waals surface area (Å²) in [4.78, 5) is 35.9. The lowest BCUT2D eigenvalue weighted by atomic mass is 9.85. The molecule has 2 fully saturated rings. The van der Waals surface area contributed by atoms with Crippen molar-refractivity contribution < 1.29 is 19.5 Å². The van der Waals surface area contributed by atoms with E-state index in [0.29, 0.717) is 0 Å². The van der Waals surface area contributed by atoms with Crippen molar-refractivity contribution in [2.75, 3.05) is 6.54 Å². The maximum atomic E-state index is 12.2. The highest BCUT2D eigenvalue weighted by molar-refractivity contribution is 6.06. The first-order chi connectivity index (χ1) is 8.59. The summed E-state index contributed by atoms with van der Waals surface area (Å²) < 4.78 is 0. The van der Waals surface area contributed by atoms with Crippen molar-refractivity contribution in [1.29, 1.82) is 0 Å². The van der Waals surface area contributed by atoms with Gasteiger partial charge in [-0.3, -0.25) is 14.5 Å². The second kappa shape index (κ2) is 3.93. The number of nitrogens with zero attached hydrogens (tertiary/aromatic N) is 1. The second-order valence-corrected chi connectivity index (χ2v) is 5.30. The topological polar surface area (TPSA) is 77.5 Å². The second-order valence-electron chi connectivity index (χ2n) is 5.30. The van der Waals surface area contributed by atoms with Crippen molar-refractivity contribution in [2.24, 2.45) is 23.7 Å². The maximum Gasteiger partial charge on any atom is 0.233 e. The van der Waals surface area contributed by atoms with Gasteiger partial charge in [0, 0.05) is 12.5 Å². The van der Waals surface area contributed by atoms with Crippen LogP contribution in [-0.4, -0.2) is 29.2 Å². The van der Waals surface area contributed by atoms with Gasteiger partial charge in [0.1, 0.15) is 0 Å². The van der Waals surface area contributed by atoms with Crippen LogP contribution in [0.1, 0.15) is 19.3 Å².